The average molecular weight is 313 g/mol. The molecule has 0 saturated carbocycles. The zero-order valence-electron chi connectivity index (χ0n) is 9.15. The van der Waals surface area contributed by atoms with E-state index in [4.69, 9.17) is 0 Å². The molecule has 0 radical (unpaired) electrons. The van der Waals surface area contributed by atoms with Gasteiger partial charge in [0, 0.05) is 14.1 Å². The van der Waals surface area contributed by atoms with Gasteiger partial charge in [0.2, 0.25) is 0 Å². The molecule has 0 fully saturated rings. The van der Waals surface area contributed by atoms with Gasteiger partial charge in [-0.2, -0.15) is 13.2 Å². The van der Waals surface area contributed by atoms with Crippen LogP contribution in [0, 0.1) is 0 Å². The highest BCUT2D eigenvalue weighted by Gasteiger charge is 2.31. The summed E-state index contributed by atoms with van der Waals surface area (Å²) in [7, 11) is 0. The lowest BCUT2D eigenvalue weighted by atomic mass is 10.2. The second-order valence-corrected chi connectivity index (χ2v) is 7.20. The standard InChI is InChI=1S/C11H12BrF3S/c1-10(2,3)16-9-5-7(11(13,14)15)4-8(12)6-9/h4-6H,1-3H3. The van der Waals surface area contributed by atoms with Crippen molar-refractivity contribution in [1.82, 2.24) is 0 Å². The van der Waals surface area contributed by atoms with Crippen molar-refractivity contribution in [3.8, 4) is 0 Å². The van der Waals surface area contributed by atoms with Gasteiger partial charge in [0.15, 0.2) is 0 Å². The van der Waals surface area contributed by atoms with Crippen LogP contribution < -0.4 is 0 Å². The van der Waals surface area contributed by atoms with E-state index < -0.39 is 11.7 Å². The Kier molecular flexibility index (Phi) is 4.00. The predicted molar refractivity (Wildman–Crippen MR) is 64.8 cm³/mol. The van der Waals surface area contributed by atoms with Crippen LogP contribution in [0.3, 0.4) is 0 Å². The number of halogens is 4. The molecule has 0 aliphatic rings. The van der Waals surface area contributed by atoms with E-state index in [0.29, 0.717) is 9.37 Å². The Morgan fingerprint density at radius 2 is 1.62 bits per heavy atom. The summed E-state index contributed by atoms with van der Waals surface area (Å²) in [6.07, 6.45) is -4.29. The van der Waals surface area contributed by atoms with Crippen LogP contribution >= 0.6 is 27.7 Å². The normalized spacial score (nSPS) is 12.9. The minimum Gasteiger partial charge on any atom is -0.166 e. The third-order valence-corrected chi connectivity index (χ3v) is 3.16. The molecule has 0 N–H and O–H groups in total. The Balaban J connectivity index is 3.09. The summed E-state index contributed by atoms with van der Waals surface area (Å²) < 4.78 is 38.0. The van der Waals surface area contributed by atoms with Crippen molar-refractivity contribution < 1.29 is 13.2 Å². The minimum absolute atomic E-state index is 0.107. The first-order chi connectivity index (χ1) is 7.08. The lowest BCUT2D eigenvalue weighted by Gasteiger charge is -2.18. The van der Waals surface area contributed by atoms with Crippen molar-refractivity contribution in [2.75, 3.05) is 0 Å². The van der Waals surface area contributed by atoms with Crippen LogP contribution in [0.1, 0.15) is 26.3 Å². The molecule has 0 aliphatic heterocycles. The van der Waals surface area contributed by atoms with E-state index in [1.165, 1.54) is 17.8 Å². The smallest absolute Gasteiger partial charge is 0.166 e. The summed E-state index contributed by atoms with van der Waals surface area (Å²) in [5.41, 5.74) is -0.617. The molecule has 1 aromatic carbocycles. The molecule has 0 heterocycles. The molecule has 0 aliphatic carbocycles. The molecule has 0 unspecified atom stereocenters. The van der Waals surface area contributed by atoms with Gasteiger partial charge in [0.25, 0.3) is 0 Å². The van der Waals surface area contributed by atoms with E-state index in [1.807, 2.05) is 20.8 Å². The monoisotopic (exact) mass is 312 g/mol. The van der Waals surface area contributed by atoms with Gasteiger partial charge in [-0.3, -0.25) is 0 Å². The maximum absolute atomic E-state index is 12.6. The minimum atomic E-state index is -4.29. The molecule has 0 nitrogen and oxygen atoms in total. The molecular formula is C11H12BrF3S. The zero-order valence-corrected chi connectivity index (χ0v) is 11.6. The summed E-state index contributed by atoms with van der Waals surface area (Å²) in [5, 5.41) is 0. The van der Waals surface area contributed by atoms with Crippen LogP contribution in [-0.2, 0) is 6.18 Å². The molecule has 16 heavy (non-hydrogen) atoms. The Labute approximate surface area is 106 Å². The van der Waals surface area contributed by atoms with Gasteiger partial charge in [-0.25, -0.2) is 0 Å². The van der Waals surface area contributed by atoms with E-state index in [1.54, 1.807) is 6.07 Å². The summed E-state index contributed by atoms with van der Waals surface area (Å²) in [6, 6.07) is 3.97. The zero-order chi connectivity index (χ0) is 12.6. The van der Waals surface area contributed by atoms with Crippen molar-refractivity contribution in [2.45, 2.75) is 36.6 Å². The molecule has 0 aromatic heterocycles. The number of hydrogen-bond acceptors (Lipinski definition) is 1. The quantitative estimate of drug-likeness (QED) is 0.629. The van der Waals surface area contributed by atoms with Gasteiger partial charge in [0.1, 0.15) is 0 Å². The molecule has 0 saturated heterocycles. The van der Waals surface area contributed by atoms with Gasteiger partial charge in [-0.1, -0.05) is 36.7 Å². The van der Waals surface area contributed by atoms with Crippen molar-refractivity contribution >= 4 is 27.7 Å². The summed E-state index contributed by atoms with van der Waals surface area (Å²) in [6.45, 7) is 5.89. The lowest BCUT2D eigenvalue weighted by Crippen LogP contribution is -2.08. The predicted octanol–water partition coefficient (Wildman–Crippen LogP) is 5.36. The fourth-order valence-corrected chi connectivity index (χ4v) is 2.86. The molecular weight excluding hydrogens is 301 g/mol. The molecule has 1 rings (SSSR count). The van der Waals surface area contributed by atoms with E-state index in [-0.39, 0.29) is 4.75 Å². The van der Waals surface area contributed by atoms with E-state index in [9.17, 15) is 13.2 Å². The number of thioether (sulfide) groups is 1. The fraction of sp³-hybridized carbons (Fsp3) is 0.455. The topological polar surface area (TPSA) is 0 Å². The Morgan fingerprint density at radius 3 is 2.06 bits per heavy atom. The average Bonchev–Trinajstić information content (AvgIpc) is 1.97. The Morgan fingerprint density at radius 1 is 1.06 bits per heavy atom. The highest BCUT2D eigenvalue weighted by Crippen LogP contribution is 2.38. The molecule has 0 bridgehead atoms. The van der Waals surface area contributed by atoms with Crippen LogP contribution in [0.25, 0.3) is 0 Å². The van der Waals surface area contributed by atoms with Gasteiger partial charge < -0.3 is 0 Å². The Hall–Kier alpha value is -0.160. The molecule has 0 atom stereocenters. The molecule has 0 spiro atoms. The van der Waals surface area contributed by atoms with Gasteiger partial charge in [0.05, 0.1) is 5.56 Å². The molecule has 90 valence electrons. The van der Waals surface area contributed by atoms with Crippen LogP contribution in [0.5, 0.6) is 0 Å². The maximum Gasteiger partial charge on any atom is 0.416 e. The number of rotatable bonds is 1. The van der Waals surface area contributed by atoms with Crippen molar-refractivity contribution in [3.63, 3.8) is 0 Å². The second-order valence-electron chi connectivity index (χ2n) is 4.39. The van der Waals surface area contributed by atoms with Crippen LogP contribution in [0.15, 0.2) is 27.6 Å². The number of hydrogen-bond donors (Lipinski definition) is 0. The molecule has 0 amide bonds. The first-order valence-electron chi connectivity index (χ1n) is 4.65. The summed E-state index contributed by atoms with van der Waals surface area (Å²) in [5.74, 6) is 0. The third-order valence-electron chi connectivity index (χ3n) is 1.62. The van der Waals surface area contributed by atoms with Crippen molar-refractivity contribution in [3.05, 3.63) is 28.2 Å². The van der Waals surface area contributed by atoms with Crippen molar-refractivity contribution in [2.24, 2.45) is 0 Å². The highest BCUT2D eigenvalue weighted by molar-refractivity contribution is 9.10. The van der Waals surface area contributed by atoms with Crippen LogP contribution in [0.2, 0.25) is 0 Å². The third kappa shape index (κ3) is 4.37. The highest BCUT2D eigenvalue weighted by atomic mass is 79.9. The van der Waals surface area contributed by atoms with Crippen molar-refractivity contribution in [1.29, 1.82) is 0 Å². The number of benzene rings is 1. The van der Waals surface area contributed by atoms with Gasteiger partial charge in [-0.05, 0) is 18.2 Å². The SMILES string of the molecule is CC(C)(C)Sc1cc(Br)cc(C(F)(F)F)c1. The summed E-state index contributed by atoms with van der Waals surface area (Å²) in [4.78, 5) is 0.620. The fourth-order valence-electron chi connectivity index (χ4n) is 1.14. The second kappa shape index (κ2) is 4.61. The first-order valence-corrected chi connectivity index (χ1v) is 6.26. The first kappa shape index (κ1) is 13.9. The lowest BCUT2D eigenvalue weighted by molar-refractivity contribution is -0.137. The number of alkyl halides is 3. The van der Waals surface area contributed by atoms with Gasteiger partial charge in [-0.15, -0.1) is 11.8 Å². The molecule has 5 heteroatoms. The van der Waals surface area contributed by atoms with Gasteiger partial charge >= 0.3 is 6.18 Å². The Bertz CT molecular complexity index is 380. The largest absolute Gasteiger partial charge is 0.416 e. The molecule has 1 aromatic rings. The maximum atomic E-state index is 12.6. The van der Waals surface area contributed by atoms with E-state index in [2.05, 4.69) is 15.9 Å². The van der Waals surface area contributed by atoms with E-state index in [0.717, 1.165) is 6.07 Å². The summed E-state index contributed by atoms with van der Waals surface area (Å²) >= 11 is 4.51. The van der Waals surface area contributed by atoms with E-state index >= 15 is 0 Å². The van der Waals surface area contributed by atoms with Crippen LogP contribution in [-0.4, -0.2) is 4.75 Å². The van der Waals surface area contributed by atoms with Crippen LogP contribution in [0.4, 0.5) is 13.2 Å².